The summed E-state index contributed by atoms with van der Waals surface area (Å²) in [6.45, 7) is 3.38. The van der Waals surface area contributed by atoms with Crippen LogP contribution in [0.3, 0.4) is 0 Å². The predicted octanol–water partition coefficient (Wildman–Crippen LogP) is 0.127. The first-order valence-electron chi connectivity index (χ1n) is 5.20. The maximum Gasteiger partial charge on any atom is 0.380 e. The highest BCUT2D eigenvalue weighted by molar-refractivity contribution is 6.46. The Bertz CT molecular complexity index is 333. The first kappa shape index (κ1) is 15.2. The lowest BCUT2D eigenvalue weighted by Crippen LogP contribution is -2.26. The Morgan fingerprint density at radius 2 is 1.47 bits per heavy atom. The number of Topliss-reactive ketones (excluding diaryl/α,β-unsaturated/α-hetero) is 1. The molecule has 0 unspecified atom stereocenters. The van der Waals surface area contributed by atoms with Crippen molar-refractivity contribution in [1.82, 2.24) is 4.90 Å². The lowest BCUT2D eigenvalue weighted by atomic mass is 10.2. The number of hydrogen-bond donors (Lipinski definition) is 0. The minimum Gasteiger partial charge on any atom is -0.462 e. The lowest BCUT2D eigenvalue weighted by molar-refractivity contribution is -0.154. The van der Waals surface area contributed by atoms with Gasteiger partial charge >= 0.3 is 11.9 Å². The normalized spacial score (nSPS) is 10.7. The maximum absolute atomic E-state index is 11.6. The molecule has 0 atom stereocenters. The fraction of sp³-hybridized carbons (Fsp3) is 0.545. The highest BCUT2D eigenvalue weighted by Crippen LogP contribution is 2.03. The third kappa shape index (κ3) is 5.14. The molecule has 96 valence electrons. The number of carbonyl (C=O) groups excluding carboxylic acids is 3. The standard InChI is InChI=1S/C11H17NO5/c1-5-16-10(14)8(7-12(3)4)9(13)11(15)17-6-2/h7H,5-6H2,1-4H3/b8-7+. The van der Waals surface area contributed by atoms with Crippen molar-refractivity contribution < 1.29 is 23.9 Å². The second-order valence-electron chi connectivity index (χ2n) is 3.28. The molecule has 0 aliphatic carbocycles. The summed E-state index contributed by atoms with van der Waals surface area (Å²) < 4.78 is 9.23. The van der Waals surface area contributed by atoms with Gasteiger partial charge in [0.05, 0.1) is 13.2 Å². The molecule has 0 aromatic heterocycles. The Kier molecular flexibility index (Phi) is 6.62. The van der Waals surface area contributed by atoms with E-state index < -0.39 is 17.7 Å². The van der Waals surface area contributed by atoms with Crippen molar-refractivity contribution in [2.24, 2.45) is 0 Å². The number of ketones is 1. The summed E-state index contributed by atoms with van der Waals surface area (Å²) in [5.74, 6) is -2.90. The molecule has 0 heterocycles. The second-order valence-corrected chi connectivity index (χ2v) is 3.28. The summed E-state index contributed by atoms with van der Waals surface area (Å²) in [6, 6.07) is 0. The van der Waals surface area contributed by atoms with E-state index in [0.29, 0.717) is 0 Å². The molecule has 0 aromatic rings. The van der Waals surface area contributed by atoms with Crippen LogP contribution in [0, 0.1) is 0 Å². The largest absolute Gasteiger partial charge is 0.462 e. The number of nitrogens with zero attached hydrogens (tertiary/aromatic N) is 1. The summed E-state index contributed by atoms with van der Waals surface area (Å²) in [7, 11) is 3.25. The van der Waals surface area contributed by atoms with E-state index in [2.05, 4.69) is 4.74 Å². The van der Waals surface area contributed by atoms with Gasteiger partial charge < -0.3 is 14.4 Å². The van der Waals surface area contributed by atoms with Gasteiger partial charge in [0.1, 0.15) is 5.57 Å². The van der Waals surface area contributed by atoms with Crippen molar-refractivity contribution in [3.63, 3.8) is 0 Å². The van der Waals surface area contributed by atoms with E-state index >= 15 is 0 Å². The van der Waals surface area contributed by atoms with Gasteiger partial charge in [0, 0.05) is 20.3 Å². The predicted molar refractivity (Wildman–Crippen MR) is 60.0 cm³/mol. The van der Waals surface area contributed by atoms with Crippen LogP contribution in [-0.4, -0.2) is 49.9 Å². The van der Waals surface area contributed by atoms with Crippen LogP contribution in [0.15, 0.2) is 11.8 Å². The van der Waals surface area contributed by atoms with Crippen molar-refractivity contribution in [2.45, 2.75) is 13.8 Å². The topological polar surface area (TPSA) is 72.9 Å². The summed E-state index contributed by atoms with van der Waals surface area (Å²) in [6.07, 6.45) is 1.23. The number of carbonyl (C=O) groups is 3. The zero-order chi connectivity index (χ0) is 13.4. The third-order valence-electron chi connectivity index (χ3n) is 1.59. The first-order chi connectivity index (χ1) is 7.93. The van der Waals surface area contributed by atoms with Crippen molar-refractivity contribution in [2.75, 3.05) is 27.3 Å². The molecule has 0 bridgehead atoms. The quantitative estimate of drug-likeness (QED) is 0.217. The lowest BCUT2D eigenvalue weighted by Gasteiger charge is -2.09. The maximum atomic E-state index is 11.6. The molecule has 0 saturated carbocycles. The van der Waals surface area contributed by atoms with Gasteiger partial charge in [-0.25, -0.2) is 9.59 Å². The van der Waals surface area contributed by atoms with Gasteiger partial charge in [-0.05, 0) is 13.8 Å². The van der Waals surface area contributed by atoms with E-state index in [1.54, 1.807) is 27.9 Å². The number of hydrogen-bond acceptors (Lipinski definition) is 6. The third-order valence-corrected chi connectivity index (χ3v) is 1.59. The van der Waals surface area contributed by atoms with Crippen LogP contribution in [0.1, 0.15) is 13.8 Å². The van der Waals surface area contributed by atoms with Crippen molar-refractivity contribution >= 4 is 17.7 Å². The molecule has 0 aliphatic rings. The van der Waals surface area contributed by atoms with E-state index in [1.165, 1.54) is 11.1 Å². The van der Waals surface area contributed by atoms with Gasteiger partial charge in [-0.15, -0.1) is 0 Å². The van der Waals surface area contributed by atoms with Crippen LogP contribution < -0.4 is 0 Å². The van der Waals surface area contributed by atoms with Gasteiger partial charge in [-0.1, -0.05) is 0 Å². The van der Waals surface area contributed by atoms with Crippen LogP contribution in [0.5, 0.6) is 0 Å². The summed E-state index contributed by atoms with van der Waals surface area (Å²) in [5, 5.41) is 0. The molecule has 0 spiro atoms. The molecule has 6 nitrogen and oxygen atoms in total. The molecule has 0 aromatic carbocycles. The Morgan fingerprint density at radius 1 is 1.00 bits per heavy atom. The zero-order valence-electron chi connectivity index (χ0n) is 10.5. The Morgan fingerprint density at radius 3 is 1.88 bits per heavy atom. The van der Waals surface area contributed by atoms with Crippen molar-refractivity contribution in [3.05, 3.63) is 11.8 Å². The fourth-order valence-electron chi connectivity index (χ4n) is 0.978. The van der Waals surface area contributed by atoms with E-state index in [1.807, 2.05) is 0 Å². The number of rotatable bonds is 6. The highest BCUT2D eigenvalue weighted by atomic mass is 16.5. The molecular weight excluding hydrogens is 226 g/mol. The number of esters is 2. The average Bonchev–Trinajstić information content (AvgIpc) is 2.25. The first-order valence-corrected chi connectivity index (χ1v) is 5.20. The monoisotopic (exact) mass is 243 g/mol. The SMILES string of the molecule is CCOC(=O)C(=O)/C(=C\N(C)C)C(=O)OCC. The molecule has 0 aliphatic heterocycles. The second kappa shape index (κ2) is 7.43. The Labute approximate surface area is 100 Å². The van der Waals surface area contributed by atoms with Gasteiger partial charge in [0.25, 0.3) is 5.78 Å². The summed E-state index contributed by atoms with van der Waals surface area (Å²) in [4.78, 5) is 35.8. The molecule has 17 heavy (non-hydrogen) atoms. The van der Waals surface area contributed by atoms with Crippen LogP contribution in [0.2, 0.25) is 0 Å². The van der Waals surface area contributed by atoms with E-state index in [0.717, 1.165) is 0 Å². The minimum absolute atomic E-state index is 0.0721. The average molecular weight is 243 g/mol. The molecule has 0 amide bonds. The van der Waals surface area contributed by atoms with Crippen molar-refractivity contribution in [3.8, 4) is 0 Å². The molecule has 0 N–H and O–H groups in total. The van der Waals surface area contributed by atoms with Crippen LogP contribution >= 0.6 is 0 Å². The molecule has 0 saturated heterocycles. The zero-order valence-corrected chi connectivity index (χ0v) is 10.5. The summed E-state index contributed by atoms with van der Waals surface area (Å²) in [5.41, 5.74) is -0.338. The minimum atomic E-state index is -1.06. The Hall–Kier alpha value is -1.85. The number of ether oxygens (including phenoxy) is 2. The van der Waals surface area contributed by atoms with E-state index in [9.17, 15) is 14.4 Å². The summed E-state index contributed by atoms with van der Waals surface area (Å²) >= 11 is 0. The van der Waals surface area contributed by atoms with Gasteiger partial charge in [-0.2, -0.15) is 0 Å². The van der Waals surface area contributed by atoms with Gasteiger partial charge in [0.15, 0.2) is 0 Å². The fourth-order valence-corrected chi connectivity index (χ4v) is 0.978. The highest BCUT2D eigenvalue weighted by Gasteiger charge is 2.27. The molecule has 6 heteroatoms. The smallest absolute Gasteiger partial charge is 0.380 e. The van der Waals surface area contributed by atoms with Crippen LogP contribution in [0.4, 0.5) is 0 Å². The molecule has 0 fully saturated rings. The van der Waals surface area contributed by atoms with Gasteiger partial charge in [0.2, 0.25) is 0 Å². The van der Waals surface area contributed by atoms with Gasteiger partial charge in [-0.3, -0.25) is 4.79 Å². The van der Waals surface area contributed by atoms with Crippen molar-refractivity contribution in [1.29, 1.82) is 0 Å². The van der Waals surface area contributed by atoms with Crippen LogP contribution in [0.25, 0.3) is 0 Å². The van der Waals surface area contributed by atoms with Crippen LogP contribution in [-0.2, 0) is 23.9 Å². The van der Waals surface area contributed by atoms with E-state index in [4.69, 9.17) is 4.74 Å². The molecule has 0 radical (unpaired) electrons. The van der Waals surface area contributed by atoms with E-state index in [-0.39, 0.29) is 18.8 Å². The molecule has 0 rings (SSSR count). The Balaban J connectivity index is 5.00. The molecular formula is C11H17NO5.